The highest BCUT2D eigenvalue weighted by Crippen LogP contribution is 2.30. The molecule has 0 aliphatic carbocycles. The van der Waals surface area contributed by atoms with E-state index in [1.165, 1.54) is 0 Å². The number of methoxy groups -OCH3 is 1. The van der Waals surface area contributed by atoms with Gasteiger partial charge in [-0.05, 0) is 24.1 Å². The molecule has 2 N–H and O–H groups in total. The maximum absolute atomic E-state index is 10.9. The summed E-state index contributed by atoms with van der Waals surface area (Å²) in [4.78, 5) is 10.9. The fourth-order valence-electron chi connectivity index (χ4n) is 1.75. The van der Waals surface area contributed by atoms with E-state index in [9.17, 15) is 9.90 Å². The zero-order valence-corrected chi connectivity index (χ0v) is 10.5. The number of benzene rings is 1. The third-order valence-corrected chi connectivity index (χ3v) is 3.06. The second-order valence-electron chi connectivity index (χ2n) is 4.65. The molecule has 0 fully saturated rings. The highest BCUT2D eigenvalue weighted by molar-refractivity contribution is 5.74. The van der Waals surface area contributed by atoms with Crippen LogP contribution < -0.4 is 4.74 Å². The van der Waals surface area contributed by atoms with Crippen molar-refractivity contribution >= 4 is 5.97 Å². The normalized spacial score (nSPS) is 13.2. The minimum atomic E-state index is -1.43. The first-order chi connectivity index (χ1) is 7.80. The molecule has 4 heteroatoms. The van der Waals surface area contributed by atoms with E-state index in [4.69, 9.17) is 9.84 Å². The van der Waals surface area contributed by atoms with Crippen molar-refractivity contribution in [3.05, 3.63) is 29.3 Å². The SMILES string of the molecule is COc1ccc(C(C)(C)C(O)C(=O)O)cc1C. The fourth-order valence-corrected chi connectivity index (χ4v) is 1.75. The van der Waals surface area contributed by atoms with Gasteiger partial charge in [0.25, 0.3) is 0 Å². The van der Waals surface area contributed by atoms with Gasteiger partial charge in [0.05, 0.1) is 7.11 Å². The van der Waals surface area contributed by atoms with E-state index in [-0.39, 0.29) is 0 Å². The molecule has 0 aliphatic rings. The van der Waals surface area contributed by atoms with Crippen LogP contribution in [0.15, 0.2) is 18.2 Å². The third kappa shape index (κ3) is 2.58. The summed E-state index contributed by atoms with van der Waals surface area (Å²) in [6.07, 6.45) is -1.43. The zero-order chi connectivity index (χ0) is 13.2. The molecule has 0 heterocycles. The molecule has 0 bridgehead atoms. The monoisotopic (exact) mass is 238 g/mol. The topological polar surface area (TPSA) is 66.8 Å². The Balaban J connectivity index is 3.15. The Hall–Kier alpha value is -1.55. The molecule has 0 aliphatic heterocycles. The van der Waals surface area contributed by atoms with Gasteiger partial charge in [0.1, 0.15) is 5.75 Å². The highest BCUT2D eigenvalue weighted by atomic mass is 16.5. The minimum absolute atomic E-state index is 0.745. The number of carbonyl (C=O) groups is 1. The molecule has 0 radical (unpaired) electrons. The van der Waals surface area contributed by atoms with Crippen molar-refractivity contribution in [1.82, 2.24) is 0 Å². The molecule has 94 valence electrons. The molecule has 1 unspecified atom stereocenters. The Morgan fingerprint density at radius 2 is 2.00 bits per heavy atom. The molecule has 17 heavy (non-hydrogen) atoms. The van der Waals surface area contributed by atoms with Crippen molar-refractivity contribution in [3.63, 3.8) is 0 Å². The first-order valence-electron chi connectivity index (χ1n) is 5.36. The lowest BCUT2D eigenvalue weighted by molar-refractivity contribution is -0.150. The summed E-state index contributed by atoms with van der Waals surface area (Å²) in [5, 5.41) is 18.6. The number of hydrogen-bond donors (Lipinski definition) is 2. The van der Waals surface area contributed by atoms with Crippen LogP contribution in [0.25, 0.3) is 0 Å². The molecule has 1 aromatic rings. The largest absolute Gasteiger partial charge is 0.496 e. The number of hydrogen-bond acceptors (Lipinski definition) is 3. The van der Waals surface area contributed by atoms with Crippen LogP contribution in [-0.4, -0.2) is 29.4 Å². The van der Waals surface area contributed by atoms with Gasteiger partial charge in [-0.15, -0.1) is 0 Å². The minimum Gasteiger partial charge on any atom is -0.496 e. The zero-order valence-electron chi connectivity index (χ0n) is 10.5. The molecule has 0 amide bonds. The quantitative estimate of drug-likeness (QED) is 0.838. The number of aryl methyl sites for hydroxylation is 1. The molecule has 0 spiro atoms. The van der Waals surface area contributed by atoms with Gasteiger partial charge in [-0.2, -0.15) is 0 Å². The van der Waals surface area contributed by atoms with Crippen LogP contribution in [0.2, 0.25) is 0 Å². The van der Waals surface area contributed by atoms with Crippen molar-refractivity contribution < 1.29 is 19.7 Å². The maximum Gasteiger partial charge on any atom is 0.333 e. The summed E-state index contributed by atoms with van der Waals surface area (Å²) < 4.78 is 5.14. The number of ether oxygens (including phenoxy) is 1. The molecule has 0 saturated heterocycles. The number of carboxylic acid groups (broad SMARTS) is 1. The molecule has 0 saturated carbocycles. The van der Waals surface area contributed by atoms with Crippen LogP contribution >= 0.6 is 0 Å². The van der Waals surface area contributed by atoms with E-state index in [2.05, 4.69) is 0 Å². The number of aliphatic hydroxyl groups excluding tert-OH is 1. The summed E-state index contributed by atoms with van der Waals surface area (Å²) in [6, 6.07) is 5.39. The summed E-state index contributed by atoms with van der Waals surface area (Å²) >= 11 is 0. The molecular weight excluding hydrogens is 220 g/mol. The number of aliphatic hydroxyl groups is 1. The summed E-state index contributed by atoms with van der Waals surface area (Å²) in [5.41, 5.74) is 0.837. The molecule has 1 atom stereocenters. The van der Waals surface area contributed by atoms with Crippen LogP contribution in [0.5, 0.6) is 5.75 Å². The Morgan fingerprint density at radius 1 is 1.41 bits per heavy atom. The second-order valence-corrected chi connectivity index (χ2v) is 4.65. The lowest BCUT2D eigenvalue weighted by Crippen LogP contribution is -2.39. The van der Waals surface area contributed by atoms with Crippen LogP contribution in [0.1, 0.15) is 25.0 Å². The van der Waals surface area contributed by atoms with Gasteiger partial charge in [0.15, 0.2) is 6.10 Å². The van der Waals surface area contributed by atoms with E-state index < -0.39 is 17.5 Å². The van der Waals surface area contributed by atoms with Gasteiger partial charge in [-0.3, -0.25) is 0 Å². The van der Waals surface area contributed by atoms with E-state index in [0.717, 1.165) is 16.9 Å². The van der Waals surface area contributed by atoms with Crippen molar-refractivity contribution in [2.24, 2.45) is 0 Å². The highest BCUT2D eigenvalue weighted by Gasteiger charge is 2.35. The van der Waals surface area contributed by atoms with Crippen LogP contribution in [0, 0.1) is 6.92 Å². The van der Waals surface area contributed by atoms with E-state index in [0.29, 0.717) is 0 Å². The molecule has 1 rings (SSSR count). The van der Waals surface area contributed by atoms with Crippen LogP contribution in [-0.2, 0) is 10.2 Å². The van der Waals surface area contributed by atoms with Crippen LogP contribution in [0.3, 0.4) is 0 Å². The average Bonchev–Trinajstić information content (AvgIpc) is 2.27. The van der Waals surface area contributed by atoms with E-state index in [1.807, 2.05) is 13.0 Å². The van der Waals surface area contributed by atoms with Crippen molar-refractivity contribution in [2.45, 2.75) is 32.3 Å². The van der Waals surface area contributed by atoms with Gasteiger partial charge < -0.3 is 14.9 Å². The Morgan fingerprint density at radius 3 is 2.41 bits per heavy atom. The number of aliphatic carboxylic acids is 1. The van der Waals surface area contributed by atoms with Gasteiger partial charge in [0.2, 0.25) is 0 Å². The smallest absolute Gasteiger partial charge is 0.333 e. The van der Waals surface area contributed by atoms with Crippen molar-refractivity contribution in [3.8, 4) is 5.75 Å². The Kier molecular flexibility index (Phi) is 3.78. The Bertz CT molecular complexity index is 423. The Labute approximate surface area is 101 Å². The number of rotatable bonds is 4. The summed E-state index contributed by atoms with van der Waals surface area (Å²) in [5.74, 6) is -0.474. The average molecular weight is 238 g/mol. The second kappa shape index (κ2) is 4.75. The predicted molar refractivity (Wildman–Crippen MR) is 64.4 cm³/mol. The maximum atomic E-state index is 10.9. The number of carboxylic acids is 1. The van der Waals surface area contributed by atoms with E-state index in [1.54, 1.807) is 33.1 Å². The first kappa shape index (κ1) is 13.5. The molecule has 0 aromatic heterocycles. The van der Waals surface area contributed by atoms with Crippen molar-refractivity contribution in [2.75, 3.05) is 7.11 Å². The lowest BCUT2D eigenvalue weighted by Gasteiger charge is -2.28. The predicted octanol–water partition coefficient (Wildman–Crippen LogP) is 1.73. The molecular formula is C13H18O4. The van der Waals surface area contributed by atoms with Gasteiger partial charge >= 0.3 is 5.97 Å². The first-order valence-corrected chi connectivity index (χ1v) is 5.36. The summed E-state index contributed by atoms with van der Waals surface area (Å²) in [7, 11) is 1.58. The molecule has 4 nitrogen and oxygen atoms in total. The fraction of sp³-hybridized carbons (Fsp3) is 0.462. The van der Waals surface area contributed by atoms with Gasteiger partial charge in [-0.25, -0.2) is 4.79 Å². The van der Waals surface area contributed by atoms with Crippen molar-refractivity contribution in [1.29, 1.82) is 0 Å². The summed E-state index contributed by atoms with van der Waals surface area (Å²) in [6.45, 7) is 5.28. The molecule has 1 aromatic carbocycles. The van der Waals surface area contributed by atoms with Crippen LogP contribution in [0.4, 0.5) is 0 Å². The lowest BCUT2D eigenvalue weighted by atomic mass is 9.79. The standard InChI is InChI=1S/C13H18O4/c1-8-7-9(5-6-10(8)17-4)13(2,3)11(14)12(15)16/h5-7,11,14H,1-4H3,(H,15,16). The van der Waals surface area contributed by atoms with Gasteiger partial charge in [0, 0.05) is 5.41 Å². The van der Waals surface area contributed by atoms with Gasteiger partial charge in [-0.1, -0.05) is 26.0 Å². The van der Waals surface area contributed by atoms with E-state index >= 15 is 0 Å². The third-order valence-electron chi connectivity index (χ3n) is 3.06.